The van der Waals surface area contributed by atoms with Gasteiger partial charge in [0.15, 0.2) is 11.5 Å². The van der Waals surface area contributed by atoms with E-state index < -0.39 is 17.8 Å². The van der Waals surface area contributed by atoms with Gasteiger partial charge in [0.25, 0.3) is 0 Å². The fraction of sp³-hybridized carbons (Fsp3) is 0.412. The van der Waals surface area contributed by atoms with E-state index in [0.717, 1.165) is 11.1 Å². The van der Waals surface area contributed by atoms with Crippen molar-refractivity contribution in [1.82, 2.24) is 5.32 Å². The number of hydrogen-bond acceptors (Lipinski definition) is 4. The van der Waals surface area contributed by atoms with Gasteiger partial charge in [0, 0.05) is 6.54 Å². The molecule has 0 spiro atoms. The highest BCUT2D eigenvalue weighted by Gasteiger charge is 2.35. The first-order valence-electron chi connectivity index (χ1n) is 7.59. The molecule has 0 bridgehead atoms. The van der Waals surface area contributed by atoms with E-state index in [2.05, 4.69) is 5.32 Å². The lowest BCUT2D eigenvalue weighted by molar-refractivity contribution is -0.147. The summed E-state index contributed by atoms with van der Waals surface area (Å²) in [6, 6.07) is 5.48. The molecular formula is C17H19NO5. The van der Waals surface area contributed by atoms with Crippen LogP contribution >= 0.6 is 0 Å². The largest absolute Gasteiger partial charge is 0.481 e. The first kappa shape index (κ1) is 15.4. The van der Waals surface area contributed by atoms with Gasteiger partial charge in [-0.2, -0.15) is 0 Å². The molecule has 0 fully saturated rings. The van der Waals surface area contributed by atoms with Crippen molar-refractivity contribution in [3.05, 3.63) is 35.4 Å². The van der Waals surface area contributed by atoms with Crippen molar-refractivity contribution in [2.45, 2.75) is 26.3 Å². The number of amides is 1. The summed E-state index contributed by atoms with van der Waals surface area (Å²) in [5, 5.41) is 12.1. The Kier molecular flexibility index (Phi) is 4.23. The number of fused-ring (bicyclic) bond motifs is 1. The molecule has 0 saturated heterocycles. The van der Waals surface area contributed by atoms with Crippen molar-refractivity contribution in [3.63, 3.8) is 0 Å². The molecule has 6 nitrogen and oxygen atoms in total. The van der Waals surface area contributed by atoms with Crippen LogP contribution in [0.4, 0.5) is 0 Å². The van der Waals surface area contributed by atoms with Gasteiger partial charge in [-0.3, -0.25) is 9.59 Å². The van der Waals surface area contributed by atoms with Crippen molar-refractivity contribution in [3.8, 4) is 11.5 Å². The van der Waals surface area contributed by atoms with Gasteiger partial charge < -0.3 is 19.9 Å². The van der Waals surface area contributed by atoms with Crippen molar-refractivity contribution in [2.24, 2.45) is 11.8 Å². The molecule has 23 heavy (non-hydrogen) atoms. The second-order valence-corrected chi connectivity index (χ2v) is 5.95. The first-order valence-corrected chi connectivity index (χ1v) is 7.59. The first-order chi connectivity index (χ1) is 11.0. The minimum Gasteiger partial charge on any atom is -0.481 e. The van der Waals surface area contributed by atoms with Crippen LogP contribution in [0, 0.1) is 11.8 Å². The number of hydrogen-bond donors (Lipinski definition) is 2. The van der Waals surface area contributed by atoms with Crippen LogP contribution in [-0.2, 0) is 16.1 Å². The summed E-state index contributed by atoms with van der Waals surface area (Å²) in [7, 11) is 0. The number of carbonyl (C=O) groups is 2. The van der Waals surface area contributed by atoms with E-state index in [1.165, 1.54) is 0 Å². The SMILES string of the molecule is CC1=CC[C@@H](C(=O)O)[C@@H](C(=O)NCc2ccc3c(c2)OCO3)C1. The van der Waals surface area contributed by atoms with Crippen LogP contribution < -0.4 is 14.8 Å². The number of carboxylic acid groups (broad SMARTS) is 1. The maximum atomic E-state index is 12.4. The van der Waals surface area contributed by atoms with Gasteiger partial charge in [-0.15, -0.1) is 0 Å². The Balaban J connectivity index is 1.64. The van der Waals surface area contributed by atoms with E-state index in [0.29, 0.717) is 30.9 Å². The van der Waals surface area contributed by atoms with E-state index in [9.17, 15) is 14.7 Å². The number of rotatable bonds is 4. The Hall–Kier alpha value is -2.50. The second-order valence-electron chi connectivity index (χ2n) is 5.95. The quantitative estimate of drug-likeness (QED) is 0.831. The molecule has 0 unspecified atom stereocenters. The lowest BCUT2D eigenvalue weighted by Gasteiger charge is -2.26. The molecule has 6 heteroatoms. The number of ether oxygens (including phenoxy) is 2. The number of allylic oxidation sites excluding steroid dienone is 2. The van der Waals surface area contributed by atoms with Crippen molar-refractivity contribution in [1.29, 1.82) is 0 Å². The summed E-state index contributed by atoms with van der Waals surface area (Å²) < 4.78 is 10.6. The second kappa shape index (κ2) is 6.32. The molecule has 122 valence electrons. The summed E-state index contributed by atoms with van der Waals surface area (Å²) in [4.78, 5) is 23.7. The van der Waals surface area contributed by atoms with Gasteiger partial charge >= 0.3 is 5.97 Å². The normalized spacial score (nSPS) is 22.4. The molecule has 1 aliphatic carbocycles. The topological polar surface area (TPSA) is 84.9 Å². The van der Waals surface area contributed by atoms with Crippen LogP contribution in [0.5, 0.6) is 11.5 Å². The van der Waals surface area contributed by atoms with Crippen molar-refractivity contribution in [2.75, 3.05) is 6.79 Å². The predicted molar refractivity (Wildman–Crippen MR) is 82.0 cm³/mol. The van der Waals surface area contributed by atoms with Crippen LogP contribution in [-0.4, -0.2) is 23.8 Å². The highest BCUT2D eigenvalue weighted by atomic mass is 16.7. The molecular weight excluding hydrogens is 298 g/mol. The van der Waals surface area contributed by atoms with E-state index in [1.54, 1.807) is 6.07 Å². The zero-order valence-corrected chi connectivity index (χ0v) is 12.9. The maximum absolute atomic E-state index is 12.4. The number of benzene rings is 1. The Morgan fingerprint density at radius 2 is 2.04 bits per heavy atom. The molecule has 1 aromatic rings. The van der Waals surface area contributed by atoms with Gasteiger partial charge in [0.2, 0.25) is 12.7 Å². The minimum absolute atomic E-state index is 0.207. The molecule has 2 atom stereocenters. The van der Waals surface area contributed by atoms with Crippen LogP contribution in [0.3, 0.4) is 0 Å². The zero-order chi connectivity index (χ0) is 16.4. The molecule has 1 aliphatic heterocycles. The van der Waals surface area contributed by atoms with Crippen molar-refractivity contribution >= 4 is 11.9 Å². The summed E-state index contributed by atoms with van der Waals surface area (Å²) in [6.45, 7) is 2.47. The summed E-state index contributed by atoms with van der Waals surface area (Å²) in [6.07, 6.45) is 2.80. The van der Waals surface area contributed by atoms with E-state index in [-0.39, 0.29) is 12.7 Å². The summed E-state index contributed by atoms with van der Waals surface area (Å²) in [5.74, 6) is -0.961. The lowest BCUT2D eigenvalue weighted by atomic mass is 9.79. The molecule has 1 heterocycles. The fourth-order valence-corrected chi connectivity index (χ4v) is 2.98. The Bertz CT molecular complexity index is 667. The zero-order valence-electron chi connectivity index (χ0n) is 12.9. The van der Waals surface area contributed by atoms with Gasteiger partial charge in [0.05, 0.1) is 11.8 Å². The summed E-state index contributed by atoms with van der Waals surface area (Å²) >= 11 is 0. The van der Waals surface area contributed by atoms with Crippen molar-refractivity contribution < 1.29 is 24.2 Å². The van der Waals surface area contributed by atoms with Gasteiger partial charge in [-0.1, -0.05) is 17.7 Å². The van der Waals surface area contributed by atoms with E-state index >= 15 is 0 Å². The third-order valence-electron chi connectivity index (χ3n) is 4.31. The van der Waals surface area contributed by atoms with E-state index in [4.69, 9.17) is 9.47 Å². The number of carboxylic acids is 1. The minimum atomic E-state index is -0.919. The molecule has 0 aromatic heterocycles. The smallest absolute Gasteiger partial charge is 0.307 e. The molecule has 0 radical (unpaired) electrons. The Morgan fingerprint density at radius 3 is 2.83 bits per heavy atom. The highest BCUT2D eigenvalue weighted by Crippen LogP contribution is 2.33. The lowest BCUT2D eigenvalue weighted by Crippen LogP contribution is -2.39. The average molecular weight is 317 g/mol. The standard InChI is InChI=1S/C17H19NO5/c1-10-2-4-12(17(20)21)13(6-10)16(19)18-8-11-3-5-14-15(7-11)23-9-22-14/h2-3,5,7,12-13H,4,6,8-9H2,1H3,(H,18,19)(H,20,21)/t12-,13+/m1/s1. The van der Waals surface area contributed by atoms with Gasteiger partial charge in [-0.05, 0) is 37.5 Å². The van der Waals surface area contributed by atoms with Gasteiger partial charge in [0.1, 0.15) is 0 Å². The maximum Gasteiger partial charge on any atom is 0.307 e. The molecule has 1 amide bonds. The molecule has 0 saturated carbocycles. The molecule has 2 N–H and O–H groups in total. The van der Waals surface area contributed by atoms with Crippen LogP contribution in [0.1, 0.15) is 25.3 Å². The molecule has 3 rings (SSSR count). The highest BCUT2D eigenvalue weighted by molar-refractivity contribution is 5.85. The molecule has 1 aromatic carbocycles. The van der Waals surface area contributed by atoms with Crippen LogP contribution in [0.2, 0.25) is 0 Å². The van der Waals surface area contributed by atoms with Gasteiger partial charge in [-0.25, -0.2) is 0 Å². The number of nitrogens with one attached hydrogen (secondary N) is 1. The Morgan fingerprint density at radius 1 is 1.26 bits per heavy atom. The summed E-state index contributed by atoms with van der Waals surface area (Å²) in [5.41, 5.74) is 1.95. The average Bonchev–Trinajstić information content (AvgIpc) is 2.99. The predicted octanol–water partition coefficient (Wildman–Crippen LogP) is 2.09. The molecule has 2 aliphatic rings. The third kappa shape index (κ3) is 3.31. The Labute approximate surface area is 134 Å². The van der Waals surface area contributed by atoms with Crippen LogP contribution in [0.25, 0.3) is 0 Å². The van der Waals surface area contributed by atoms with E-state index in [1.807, 2.05) is 25.1 Å². The number of aliphatic carboxylic acids is 1. The third-order valence-corrected chi connectivity index (χ3v) is 4.31. The van der Waals surface area contributed by atoms with Crippen LogP contribution in [0.15, 0.2) is 29.8 Å². The monoisotopic (exact) mass is 317 g/mol. The number of carbonyl (C=O) groups excluding carboxylic acids is 1. The fourth-order valence-electron chi connectivity index (χ4n) is 2.98.